The van der Waals surface area contributed by atoms with Crippen molar-refractivity contribution in [3.63, 3.8) is 0 Å². The number of hydrogen-bond donors (Lipinski definition) is 2. The smallest absolute Gasteiger partial charge is 0.221 e. The van der Waals surface area contributed by atoms with E-state index in [1.807, 2.05) is 13.8 Å². The molecule has 78 valence electrons. The lowest BCUT2D eigenvalue weighted by molar-refractivity contribution is -0.121. The lowest BCUT2D eigenvalue weighted by Crippen LogP contribution is -2.25. The second-order valence-electron chi connectivity index (χ2n) is 3.12. The van der Waals surface area contributed by atoms with Crippen molar-refractivity contribution in [2.75, 3.05) is 6.54 Å². The van der Waals surface area contributed by atoms with Crippen molar-refractivity contribution in [2.45, 2.75) is 26.8 Å². The molecule has 14 heavy (non-hydrogen) atoms. The molecule has 0 fully saturated rings. The molecule has 1 aromatic rings. The van der Waals surface area contributed by atoms with Gasteiger partial charge in [-0.2, -0.15) is 0 Å². The fourth-order valence-corrected chi connectivity index (χ4v) is 1.16. The van der Waals surface area contributed by atoms with Gasteiger partial charge in [-0.1, -0.05) is 5.16 Å². The van der Waals surface area contributed by atoms with Crippen LogP contribution in [-0.2, 0) is 11.3 Å². The van der Waals surface area contributed by atoms with Crippen LogP contribution >= 0.6 is 0 Å². The number of rotatable bonds is 4. The molecule has 1 amide bonds. The van der Waals surface area contributed by atoms with E-state index < -0.39 is 0 Å². The minimum absolute atomic E-state index is 0.0486. The summed E-state index contributed by atoms with van der Waals surface area (Å²) in [5, 5.41) is 6.54. The van der Waals surface area contributed by atoms with E-state index in [1.54, 1.807) is 0 Å². The van der Waals surface area contributed by atoms with E-state index in [0.717, 1.165) is 17.0 Å². The predicted molar refractivity (Wildman–Crippen MR) is 51.5 cm³/mol. The third-order valence-electron chi connectivity index (χ3n) is 2.01. The van der Waals surface area contributed by atoms with Crippen LogP contribution in [0.4, 0.5) is 0 Å². The number of carbonyl (C=O) groups is 1. The van der Waals surface area contributed by atoms with E-state index in [0.29, 0.717) is 19.5 Å². The molecule has 0 saturated carbocycles. The molecule has 1 heterocycles. The van der Waals surface area contributed by atoms with Crippen molar-refractivity contribution in [3.05, 3.63) is 17.0 Å². The summed E-state index contributed by atoms with van der Waals surface area (Å²) in [7, 11) is 0. The SMILES string of the molecule is Cc1noc(C)c1CNC(=O)CCN. The summed E-state index contributed by atoms with van der Waals surface area (Å²) in [4.78, 5) is 11.1. The summed E-state index contributed by atoms with van der Waals surface area (Å²) < 4.78 is 4.96. The van der Waals surface area contributed by atoms with Gasteiger partial charge in [0.15, 0.2) is 0 Å². The van der Waals surface area contributed by atoms with Gasteiger partial charge in [0.25, 0.3) is 0 Å². The molecular weight excluding hydrogens is 182 g/mol. The average molecular weight is 197 g/mol. The first-order valence-electron chi connectivity index (χ1n) is 4.53. The van der Waals surface area contributed by atoms with Crippen molar-refractivity contribution in [3.8, 4) is 0 Å². The van der Waals surface area contributed by atoms with Crippen LogP contribution in [-0.4, -0.2) is 17.6 Å². The molecule has 5 nitrogen and oxygen atoms in total. The number of nitrogens with zero attached hydrogens (tertiary/aromatic N) is 1. The highest BCUT2D eigenvalue weighted by Crippen LogP contribution is 2.11. The zero-order valence-electron chi connectivity index (χ0n) is 8.46. The maximum Gasteiger partial charge on any atom is 0.221 e. The lowest BCUT2D eigenvalue weighted by Gasteiger charge is -2.02. The van der Waals surface area contributed by atoms with E-state index in [2.05, 4.69) is 10.5 Å². The maximum atomic E-state index is 11.1. The first kappa shape index (κ1) is 10.7. The van der Waals surface area contributed by atoms with Gasteiger partial charge >= 0.3 is 0 Å². The van der Waals surface area contributed by atoms with Crippen LogP contribution in [0.25, 0.3) is 0 Å². The summed E-state index contributed by atoms with van der Waals surface area (Å²) in [5.41, 5.74) is 7.00. The van der Waals surface area contributed by atoms with Gasteiger partial charge < -0.3 is 15.6 Å². The monoisotopic (exact) mass is 197 g/mol. The highest BCUT2D eigenvalue weighted by atomic mass is 16.5. The van der Waals surface area contributed by atoms with Crippen LogP contribution in [0, 0.1) is 13.8 Å². The van der Waals surface area contributed by atoms with Crippen LogP contribution < -0.4 is 11.1 Å². The quantitative estimate of drug-likeness (QED) is 0.725. The fraction of sp³-hybridized carbons (Fsp3) is 0.556. The largest absolute Gasteiger partial charge is 0.361 e. The number of nitrogens with two attached hydrogens (primary N) is 1. The highest BCUT2D eigenvalue weighted by Gasteiger charge is 2.09. The Kier molecular flexibility index (Phi) is 3.64. The van der Waals surface area contributed by atoms with Gasteiger partial charge in [-0.05, 0) is 13.8 Å². The average Bonchev–Trinajstić information content (AvgIpc) is 2.44. The van der Waals surface area contributed by atoms with Gasteiger partial charge in [0.1, 0.15) is 5.76 Å². The number of aromatic nitrogens is 1. The summed E-state index contributed by atoms with van der Waals surface area (Å²) in [6.07, 6.45) is 0.351. The number of aryl methyl sites for hydroxylation is 2. The van der Waals surface area contributed by atoms with E-state index in [-0.39, 0.29) is 5.91 Å². The second kappa shape index (κ2) is 4.76. The second-order valence-corrected chi connectivity index (χ2v) is 3.12. The number of hydrogen-bond acceptors (Lipinski definition) is 4. The van der Waals surface area contributed by atoms with Crippen LogP contribution in [0.15, 0.2) is 4.52 Å². The van der Waals surface area contributed by atoms with E-state index in [1.165, 1.54) is 0 Å². The van der Waals surface area contributed by atoms with E-state index >= 15 is 0 Å². The van der Waals surface area contributed by atoms with Crippen molar-refractivity contribution >= 4 is 5.91 Å². The molecule has 0 radical (unpaired) electrons. The Balaban J connectivity index is 2.49. The highest BCUT2D eigenvalue weighted by molar-refractivity contribution is 5.76. The maximum absolute atomic E-state index is 11.1. The first-order valence-corrected chi connectivity index (χ1v) is 4.53. The number of carbonyl (C=O) groups excluding carboxylic acids is 1. The number of amides is 1. The van der Waals surface area contributed by atoms with Gasteiger partial charge in [0, 0.05) is 25.1 Å². The Morgan fingerprint density at radius 2 is 2.29 bits per heavy atom. The van der Waals surface area contributed by atoms with Crippen molar-refractivity contribution in [2.24, 2.45) is 5.73 Å². The van der Waals surface area contributed by atoms with E-state index in [9.17, 15) is 4.79 Å². The standard InChI is InChI=1S/C9H15N3O2/c1-6-8(7(2)14-12-6)5-11-9(13)3-4-10/h3-5,10H2,1-2H3,(H,11,13). The third kappa shape index (κ3) is 2.56. The normalized spacial score (nSPS) is 10.2. The molecule has 3 N–H and O–H groups in total. The summed E-state index contributed by atoms with van der Waals surface area (Å²) >= 11 is 0. The van der Waals surface area contributed by atoms with Crippen molar-refractivity contribution < 1.29 is 9.32 Å². The zero-order chi connectivity index (χ0) is 10.6. The molecule has 0 saturated heterocycles. The Hall–Kier alpha value is -1.36. The topological polar surface area (TPSA) is 81.2 Å². The third-order valence-corrected chi connectivity index (χ3v) is 2.01. The van der Waals surface area contributed by atoms with Crippen molar-refractivity contribution in [1.29, 1.82) is 0 Å². The minimum Gasteiger partial charge on any atom is -0.361 e. The Labute approximate surface area is 82.6 Å². The predicted octanol–water partition coefficient (Wildman–Crippen LogP) is 0.256. The minimum atomic E-state index is -0.0486. The Morgan fingerprint density at radius 1 is 1.57 bits per heavy atom. The zero-order valence-corrected chi connectivity index (χ0v) is 8.46. The molecule has 5 heteroatoms. The lowest BCUT2D eigenvalue weighted by atomic mass is 10.2. The molecule has 0 aromatic carbocycles. The fourth-order valence-electron chi connectivity index (χ4n) is 1.16. The summed E-state index contributed by atoms with van der Waals surface area (Å²) in [6, 6.07) is 0. The molecule has 1 aromatic heterocycles. The van der Waals surface area contributed by atoms with Crippen molar-refractivity contribution in [1.82, 2.24) is 10.5 Å². The van der Waals surface area contributed by atoms with E-state index in [4.69, 9.17) is 10.3 Å². The van der Waals surface area contributed by atoms with Crippen LogP contribution in [0.2, 0.25) is 0 Å². The number of nitrogens with one attached hydrogen (secondary N) is 1. The Morgan fingerprint density at radius 3 is 2.79 bits per heavy atom. The van der Waals surface area contributed by atoms with Gasteiger partial charge in [-0.25, -0.2) is 0 Å². The Bertz CT molecular complexity index is 300. The molecule has 0 unspecified atom stereocenters. The van der Waals surface area contributed by atoms with Crippen LogP contribution in [0.3, 0.4) is 0 Å². The molecule has 0 atom stereocenters. The molecule has 0 aliphatic carbocycles. The molecule has 0 bridgehead atoms. The molecule has 0 aliphatic rings. The van der Waals surface area contributed by atoms with Crippen LogP contribution in [0.1, 0.15) is 23.4 Å². The first-order chi connectivity index (χ1) is 6.65. The molecule has 0 spiro atoms. The summed E-state index contributed by atoms with van der Waals surface area (Å²) in [6.45, 7) is 4.50. The van der Waals surface area contributed by atoms with Crippen LogP contribution in [0.5, 0.6) is 0 Å². The molecular formula is C9H15N3O2. The molecule has 0 aliphatic heterocycles. The van der Waals surface area contributed by atoms with Gasteiger partial charge in [-0.3, -0.25) is 4.79 Å². The van der Waals surface area contributed by atoms with Gasteiger partial charge in [0.05, 0.1) is 5.69 Å². The molecule has 1 rings (SSSR count). The van der Waals surface area contributed by atoms with Gasteiger partial charge in [0.2, 0.25) is 5.91 Å². The van der Waals surface area contributed by atoms with Gasteiger partial charge in [-0.15, -0.1) is 0 Å². The summed E-state index contributed by atoms with van der Waals surface area (Å²) in [5.74, 6) is 0.697.